The van der Waals surface area contributed by atoms with Crippen molar-refractivity contribution in [2.45, 2.75) is 32.2 Å². The van der Waals surface area contributed by atoms with Crippen molar-refractivity contribution in [1.82, 2.24) is 4.90 Å². The zero-order valence-electron chi connectivity index (χ0n) is 11.2. The van der Waals surface area contributed by atoms with Crippen molar-refractivity contribution in [1.29, 1.82) is 0 Å². The number of aliphatic hydroxyl groups excluding tert-OH is 1. The SMILES string of the molecule is CC(Cc1ccc(Br)cc1)C(=O)N(CCO)C1CC1. The molecule has 0 heterocycles. The Bertz CT molecular complexity index is 428. The summed E-state index contributed by atoms with van der Waals surface area (Å²) in [6.45, 7) is 2.48. The molecule has 1 atom stereocenters. The molecule has 1 amide bonds. The molecule has 1 fully saturated rings. The minimum Gasteiger partial charge on any atom is -0.395 e. The van der Waals surface area contributed by atoms with Gasteiger partial charge in [0, 0.05) is 23.0 Å². The quantitative estimate of drug-likeness (QED) is 0.873. The highest BCUT2D eigenvalue weighted by molar-refractivity contribution is 9.10. The molecule has 1 N–H and O–H groups in total. The molecule has 3 nitrogen and oxygen atoms in total. The highest BCUT2D eigenvalue weighted by Gasteiger charge is 2.33. The van der Waals surface area contributed by atoms with Gasteiger partial charge in [-0.1, -0.05) is 35.0 Å². The van der Waals surface area contributed by atoms with Gasteiger partial charge in [-0.05, 0) is 37.0 Å². The van der Waals surface area contributed by atoms with Crippen LogP contribution in [0.3, 0.4) is 0 Å². The Hall–Kier alpha value is -0.870. The minimum absolute atomic E-state index is 0.0340. The highest BCUT2D eigenvalue weighted by atomic mass is 79.9. The van der Waals surface area contributed by atoms with Gasteiger partial charge in [0.2, 0.25) is 5.91 Å². The summed E-state index contributed by atoms with van der Waals surface area (Å²) in [7, 11) is 0. The van der Waals surface area contributed by atoms with Crippen LogP contribution >= 0.6 is 15.9 Å². The third-order valence-electron chi connectivity index (χ3n) is 3.49. The molecular weight excluding hydrogens is 306 g/mol. The van der Waals surface area contributed by atoms with E-state index in [1.165, 1.54) is 5.56 Å². The van der Waals surface area contributed by atoms with Crippen molar-refractivity contribution >= 4 is 21.8 Å². The van der Waals surface area contributed by atoms with E-state index in [0.29, 0.717) is 12.6 Å². The molecule has 0 radical (unpaired) electrons. The van der Waals surface area contributed by atoms with Gasteiger partial charge >= 0.3 is 0 Å². The second-order valence-electron chi connectivity index (χ2n) is 5.22. The fraction of sp³-hybridized carbons (Fsp3) is 0.533. The molecule has 0 spiro atoms. The predicted molar refractivity (Wildman–Crippen MR) is 78.8 cm³/mol. The summed E-state index contributed by atoms with van der Waals surface area (Å²) >= 11 is 3.41. The van der Waals surface area contributed by atoms with Crippen molar-refractivity contribution in [3.63, 3.8) is 0 Å². The molecule has 104 valence electrons. The monoisotopic (exact) mass is 325 g/mol. The number of rotatable bonds is 6. The second kappa shape index (κ2) is 6.53. The van der Waals surface area contributed by atoms with Gasteiger partial charge in [-0.2, -0.15) is 0 Å². The van der Waals surface area contributed by atoms with Gasteiger partial charge < -0.3 is 10.0 Å². The molecule has 0 bridgehead atoms. The lowest BCUT2D eigenvalue weighted by molar-refractivity contribution is -0.136. The van der Waals surface area contributed by atoms with Crippen LogP contribution in [0.15, 0.2) is 28.7 Å². The lowest BCUT2D eigenvalue weighted by atomic mass is 10.00. The standard InChI is InChI=1S/C15H20BrNO2/c1-11(10-12-2-4-13(16)5-3-12)15(19)17(8-9-18)14-6-7-14/h2-5,11,14,18H,6-10H2,1H3. The van der Waals surface area contributed by atoms with Crippen molar-refractivity contribution in [2.75, 3.05) is 13.2 Å². The van der Waals surface area contributed by atoms with Crippen LogP contribution in [0.1, 0.15) is 25.3 Å². The molecule has 4 heteroatoms. The van der Waals surface area contributed by atoms with Gasteiger partial charge in [-0.15, -0.1) is 0 Å². The maximum absolute atomic E-state index is 12.4. The van der Waals surface area contributed by atoms with E-state index >= 15 is 0 Å². The molecule has 0 aliphatic heterocycles. The topological polar surface area (TPSA) is 40.5 Å². The average molecular weight is 326 g/mol. The lowest BCUT2D eigenvalue weighted by Gasteiger charge is -2.25. The zero-order valence-corrected chi connectivity index (χ0v) is 12.8. The normalized spacial score (nSPS) is 16.2. The van der Waals surface area contributed by atoms with Gasteiger partial charge in [0.25, 0.3) is 0 Å². The van der Waals surface area contributed by atoms with E-state index < -0.39 is 0 Å². The van der Waals surface area contributed by atoms with Crippen molar-refractivity contribution in [3.8, 4) is 0 Å². The predicted octanol–water partition coefficient (Wildman–Crippen LogP) is 2.61. The Labute approximate surface area is 122 Å². The van der Waals surface area contributed by atoms with Crippen LogP contribution in [-0.4, -0.2) is 35.1 Å². The Morgan fingerprint density at radius 2 is 2.05 bits per heavy atom. The molecule has 1 aliphatic rings. The van der Waals surface area contributed by atoms with Crippen LogP contribution in [-0.2, 0) is 11.2 Å². The fourth-order valence-electron chi connectivity index (χ4n) is 2.31. The Kier molecular flexibility index (Phi) is 4.99. The molecule has 0 saturated heterocycles. The van der Waals surface area contributed by atoms with Crippen molar-refractivity contribution < 1.29 is 9.90 Å². The van der Waals surface area contributed by atoms with E-state index in [9.17, 15) is 4.79 Å². The van der Waals surface area contributed by atoms with Gasteiger partial charge in [0.15, 0.2) is 0 Å². The number of hydrogen-bond donors (Lipinski definition) is 1. The number of benzene rings is 1. The molecule has 1 unspecified atom stereocenters. The first-order valence-electron chi connectivity index (χ1n) is 6.77. The number of halogens is 1. The summed E-state index contributed by atoms with van der Waals surface area (Å²) in [5, 5.41) is 9.07. The maximum atomic E-state index is 12.4. The molecule has 1 aromatic rings. The summed E-state index contributed by atoms with van der Waals surface area (Å²) in [5.74, 6) is 0.132. The van der Waals surface area contributed by atoms with Crippen LogP contribution in [0.5, 0.6) is 0 Å². The first-order valence-corrected chi connectivity index (χ1v) is 7.57. The summed E-state index contributed by atoms with van der Waals surface area (Å²) in [4.78, 5) is 14.2. The Morgan fingerprint density at radius 1 is 1.42 bits per heavy atom. The largest absolute Gasteiger partial charge is 0.395 e. The van der Waals surface area contributed by atoms with E-state index in [2.05, 4.69) is 15.9 Å². The molecule has 2 rings (SSSR count). The van der Waals surface area contributed by atoms with E-state index in [1.807, 2.05) is 36.1 Å². The first-order chi connectivity index (χ1) is 9.11. The molecule has 1 saturated carbocycles. The van der Waals surface area contributed by atoms with Crippen LogP contribution in [0.2, 0.25) is 0 Å². The number of aliphatic hydroxyl groups is 1. The van der Waals surface area contributed by atoms with E-state index in [0.717, 1.165) is 23.7 Å². The third-order valence-corrected chi connectivity index (χ3v) is 4.02. The van der Waals surface area contributed by atoms with Gasteiger partial charge in [-0.3, -0.25) is 4.79 Å². The molecule has 1 aromatic carbocycles. The summed E-state index contributed by atoms with van der Waals surface area (Å²) in [6.07, 6.45) is 2.91. The molecule has 19 heavy (non-hydrogen) atoms. The fourth-order valence-corrected chi connectivity index (χ4v) is 2.58. The maximum Gasteiger partial charge on any atom is 0.226 e. The number of nitrogens with zero attached hydrogens (tertiary/aromatic N) is 1. The van der Waals surface area contributed by atoms with Gasteiger partial charge in [-0.25, -0.2) is 0 Å². The Morgan fingerprint density at radius 3 is 2.58 bits per heavy atom. The average Bonchev–Trinajstić information content (AvgIpc) is 3.22. The van der Waals surface area contributed by atoms with Crippen LogP contribution < -0.4 is 0 Å². The molecular formula is C15H20BrNO2. The van der Waals surface area contributed by atoms with E-state index in [4.69, 9.17) is 5.11 Å². The van der Waals surface area contributed by atoms with Crippen molar-refractivity contribution in [3.05, 3.63) is 34.3 Å². The minimum atomic E-state index is -0.0340. The van der Waals surface area contributed by atoms with Crippen LogP contribution in [0, 0.1) is 5.92 Å². The lowest BCUT2D eigenvalue weighted by Crippen LogP contribution is -2.39. The summed E-state index contributed by atoms with van der Waals surface area (Å²) in [6, 6.07) is 8.45. The number of carbonyl (C=O) groups excluding carboxylic acids is 1. The van der Waals surface area contributed by atoms with Crippen LogP contribution in [0.4, 0.5) is 0 Å². The second-order valence-corrected chi connectivity index (χ2v) is 6.13. The highest BCUT2D eigenvalue weighted by Crippen LogP contribution is 2.28. The number of hydrogen-bond acceptors (Lipinski definition) is 2. The Balaban J connectivity index is 1.95. The van der Waals surface area contributed by atoms with Gasteiger partial charge in [0.05, 0.1) is 6.61 Å². The van der Waals surface area contributed by atoms with Gasteiger partial charge in [0.1, 0.15) is 0 Å². The van der Waals surface area contributed by atoms with Crippen molar-refractivity contribution in [2.24, 2.45) is 5.92 Å². The molecule has 1 aliphatic carbocycles. The third kappa shape index (κ3) is 4.05. The van der Waals surface area contributed by atoms with Crippen LogP contribution in [0.25, 0.3) is 0 Å². The molecule has 0 aromatic heterocycles. The summed E-state index contributed by atoms with van der Waals surface area (Å²) in [5.41, 5.74) is 1.17. The number of carbonyl (C=O) groups is 1. The zero-order chi connectivity index (χ0) is 13.8. The first kappa shape index (κ1) is 14.5. The number of amides is 1. The summed E-state index contributed by atoms with van der Waals surface area (Å²) < 4.78 is 1.05. The van der Waals surface area contributed by atoms with E-state index in [-0.39, 0.29) is 18.4 Å². The smallest absolute Gasteiger partial charge is 0.226 e. The van der Waals surface area contributed by atoms with E-state index in [1.54, 1.807) is 0 Å².